The quantitative estimate of drug-likeness (QED) is 0.221. The first-order valence-corrected chi connectivity index (χ1v) is 5.10. The monoisotopic (exact) mass is 214 g/mol. The zero-order valence-electron chi connectivity index (χ0n) is 8.71. The van der Waals surface area contributed by atoms with Gasteiger partial charge in [0.1, 0.15) is 6.54 Å². The van der Waals surface area contributed by atoms with Gasteiger partial charge >= 0.3 is 5.97 Å². The number of ether oxygens (including phenoxy) is 1. The lowest BCUT2D eigenvalue weighted by atomic mass is 9.92. The first-order valence-electron chi connectivity index (χ1n) is 5.10. The molecule has 86 valence electrons. The molecule has 0 aromatic rings. The van der Waals surface area contributed by atoms with E-state index < -0.39 is 11.7 Å². The fraction of sp³-hybridized carbons (Fsp3) is 0.778. The highest BCUT2D eigenvalue weighted by Gasteiger charge is 2.31. The van der Waals surface area contributed by atoms with E-state index in [1.165, 1.54) is 0 Å². The molecule has 0 bridgehead atoms. The molecule has 0 atom stereocenters. The summed E-state index contributed by atoms with van der Waals surface area (Å²) in [7, 11) is 0. The van der Waals surface area contributed by atoms with Crippen molar-refractivity contribution in [1.29, 1.82) is 5.41 Å². The van der Waals surface area contributed by atoms with Gasteiger partial charge in [-0.3, -0.25) is 15.9 Å². The van der Waals surface area contributed by atoms with Crippen LogP contribution in [0.4, 0.5) is 0 Å². The lowest BCUT2D eigenvalue weighted by Gasteiger charge is -2.32. The smallest absolute Gasteiger partial charge is 0.327 e. The molecule has 15 heavy (non-hydrogen) atoms. The molecule has 1 aliphatic rings. The Labute approximate surface area is 88.8 Å². The summed E-state index contributed by atoms with van der Waals surface area (Å²) in [5.74, 6) is -0.712. The van der Waals surface area contributed by atoms with E-state index in [1.807, 2.05) is 0 Å². The van der Waals surface area contributed by atoms with Crippen molar-refractivity contribution in [3.05, 3.63) is 0 Å². The largest absolute Gasteiger partial charge is 0.443 e. The summed E-state index contributed by atoms with van der Waals surface area (Å²) >= 11 is 0. The van der Waals surface area contributed by atoms with Crippen molar-refractivity contribution in [2.75, 3.05) is 6.54 Å². The summed E-state index contributed by atoms with van der Waals surface area (Å²) in [6, 6.07) is 0. The number of guanidine groups is 1. The minimum atomic E-state index is -0.812. The predicted molar refractivity (Wildman–Crippen MR) is 56.0 cm³/mol. The molecule has 0 spiro atoms. The van der Waals surface area contributed by atoms with Crippen LogP contribution in [0.2, 0.25) is 0 Å². The van der Waals surface area contributed by atoms with Crippen molar-refractivity contribution in [2.45, 2.75) is 37.8 Å². The number of nitrogens with two attached hydrogens (primary N) is 2. The summed E-state index contributed by atoms with van der Waals surface area (Å²) in [6.07, 6.45) is 4.54. The Balaban J connectivity index is 2.32. The zero-order chi connectivity index (χ0) is 11.3. The Bertz CT molecular complexity index is 248. The van der Waals surface area contributed by atoms with Crippen LogP contribution in [0.15, 0.2) is 0 Å². The van der Waals surface area contributed by atoms with Crippen molar-refractivity contribution >= 4 is 11.9 Å². The van der Waals surface area contributed by atoms with E-state index in [2.05, 4.69) is 5.32 Å². The Morgan fingerprint density at radius 1 is 1.40 bits per heavy atom. The van der Waals surface area contributed by atoms with Crippen LogP contribution in [0.1, 0.15) is 32.1 Å². The zero-order valence-corrected chi connectivity index (χ0v) is 8.71. The van der Waals surface area contributed by atoms with Gasteiger partial charge in [0.2, 0.25) is 0 Å². The van der Waals surface area contributed by atoms with E-state index >= 15 is 0 Å². The maximum Gasteiger partial charge on any atom is 0.327 e. The fourth-order valence-electron chi connectivity index (χ4n) is 1.68. The van der Waals surface area contributed by atoms with Crippen LogP contribution in [0.25, 0.3) is 0 Å². The maximum atomic E-state index is 11.3. The van der Waals surface area contributed by atoms with E-state index in [4.69, 9.17) is 21.6 Å². The Kier molecular flexibility index (Phi) is 3.90. The number of esters is 1. The highest BCUT2D eigenvalue weighted by molar-refractivity contribution is 5.81. The average molecular weight is 214 g/mol. The van der Waals surface area contributed by atoms with Crippen molar-refractivity contribution in [3.63, 3.8) is 0 Å². The molecule has 1 aliphatic carbocycles. The molecule has 0 aliphatic heterocycles. The third kappa shape index (κ3) is 4.16. The summed E-state index contributed by atoms with van der Waals surface area (Å²) < 4.78 is 5.15. The van der Waals surface area contributed by atoms with Gasteiger partial charge in [0.25, 0.3) is 0 Å². The van der Waals surface area contributed by atoms with Gasteiger partial charge in [-0.1, -0.05) is 6.42 Å². The number of hydrogen-bond acceptors (Lipinski definition) is 4. The van der Waals surface area contributed by atoms with Crippen molar-refractivity contribution in [2.24, 2.45) is 11.5 Å². The number of rotatable bonds is 3. The van der Waals surface area contributed by atoms with E-state index in [1.54, 1.807) is 0 Å². The Morgan fingerprint density at radius 3 is 2.53 bits per heavy atom. The van der Waals surface area contributed by atoms with E-state index in [0.29, 0.717) is 12.8 Å². The number of carbonyl (C=O) groups is 1. The lowest BCUT2D eigenvalue weighted by molar-refractivity contribution is -0.161. The van der Waals surface area contributed by atoms with Crippen molar-refractivity contribution in [3.8, 4) is 0 Å². The Morgan fingerprint density at radius 2 is 2.00 bits per heavy atom. The highest BCUT2D eigenvalue weighted by atomic mass is 16.6. The van der Waals surface area contributed by atoms with Gasteiger partial charge in [-0.05, 0) is 12.8 Å². The van der Waals surface area contributed by atoms with Crippen molar-refractivity contribution < 1.29 is 9.53 Å². The molecule has 0 unspecified atom stereocenters. The second-order valence-electron chi connectivity index (χ2n) is 3.87. The summed E-state index contributed by atoms with van der Waals surface area (Å²) in [4.78, 5) is 11.3. The molecule has 1 saturated carbocycles. The van der Waals surface area contributed by atoms with Crippen LogP contribution in [0.5, 0.6) is 0 Å². The molecule has 0 aromatic carbocycles. The summed E-state index contributed by atoms with van der Waals surface area (Å²) in [5.41, 5.74) is 10.1. The van der Waals surface area contributed by atoms with E-state index in [9.17, 15) is 4.79 Å². The highest BCUT2D eigenvalue weighted by Crippen LogP contribution is 2.26. The molecule has 6 heteroatoms. The van der Waals surface area contributed by atoms with Gasteiger partial charge in [0.15, 0.2) is 11.7 Å². The van der Waals surface area contributed by atoms with Crippen LogP contribution in [0, 0.1) is 5.41 Å². The lowest BCUT2D eigenvalue weighted by Crippen LogP contribution is -2.48. The van der Waals surface area contributed by atoms with E-state index in [0.717, 1.165) is 19.3 Å². The molecule has 0 heterocycles. The third-order valence-corrected chi connectivity index (χ3v) is 2.44. The molecule has 0 saturated heterocycles. The molecule has 0 radical (unpaired) electrons. The van der Waals surface area contributed by atoms with Crippen molar-refractivity contribution in [1.82, 2.24) is 5.32 Å². The molecular weight excluding hydrogens is 196 g/mol. The summed E-state index contributed by atoms with van der Waals surface area (Å²) in [6.45, 7) is -0.103. The van der Waals surface area contributed by atoms with Crippen LogP contribution in [-0.4, -0.2) is 24.2 Å². The Hall–Kier alpha value is -1.30. The standard InChI is InChI=1S/C9H18N4O2/c10-8(11)13-6-7(14)15-9(12)4-2-1-3-5-9/h1-6,12H2,(H4,10,11,13). The first-order chi connectivity index (χ1) is 7.02. The van der Waals surface area contributed by atoms with Gasteiger partial charge in [0, 0.05) is 12.8 Å². The van der Waals surface area contributed by atoms with Crippen LogP contribution >= 0.6 is 0 Å². The average Bonchev–Trinajstić information content (AvgIpc) is 2.15. The van der Waals surface area contributed by atoms with Crippen LogP contribution < -0.4 is 16.8 Å². The molecule has 1 fully saturated rings. The normalized spacial score (nSPS) is 19.3. The summed E-state index contributed by atoms with van der Waals surface area (Å²) in [5, 5.41) is 9.27. The fourth-order valence-corrected chi connectivity index (χ4v) is 1.68. The molecule has 6 nitrogen and oxygen atoms in total. The first kappa shape index (κ1) is 11.8. The predicted octanol–water partition coefficient (Wildman–Crippen LogP) is -0.368. The minimum Gasteiger partial charge on any atom is -0.443 e. The van der Waals surface area contributed by atoms with Crippen LogP contribution in [-0.2, 0) is 9.53 Å². The molecule has 1 rings (SSSR count). The van der Waals surface area contributed by atoms with Crippen LogP contribution in [0.3, 0.4) is 0 Å². The molecule has 6 N–H and O–H groups in total. The van der Waals surface area contributed by atoms with Gasteiger partial charge in [0.05, 0.1) is 0 Å². The van der Waals surface area contributed by atoms with E-state index in [-0.39, 0.29) is 12.5 Å². The number of nitrogens with one attached hydrogen (secondary N) is 2. The second-order valence-corrected chi connectivity index (χ2v) is 3.87. The third-order valence-electron chi connectivity index (χ3n) is 2.44. The number of carbonyl (C=O) groups excluding carboxylic acids is 1. The van der Waals surface area contributed by atoms with Gasteiger partial charge in [-0.15, -0.1) is 0 Å². The molecule has 0 aromatic heterocycles. The van der Waals surface area contributed by atoms with Gasteiger partial charge in [-0.25, -0.2) is 0 Å². The second kappa shape index (κ2) is 4.97. The molecule has 0 amide bonds. The number of hydrogen-bond donors (Lipinski definition) is 4. The minimum absolute atomic E-state index is 0.103. The SMILES string of the molecule is N=C(N)NCC(=O)OC1(N)CCCCC1. The van der Waals surface area contributed by atoms with Gasteiger partial charge < -0.3 is 15.8 Å². The topological polar surface area (TPSA) is 114 Å². The maximum absolute atomic E-state index is 11.3. The molecular formula is C9H18N4O2. The van der Waals surface area contributed by atoms with Gasteiger partial charge in [-0.2, -0.15) is 0 Å².